The van der Waals surface area contributed by atoms with E-state index in [-0.39, 0.29) is 18.8 Å². The summed E-state index contributed by atoms with van der Waals surface area (Å²) in [5.41, 5.74) is 16.0. The van der Waals surface area contributed by atoms with Gasteiger partial charge in [-0.25, -0.2) is 14.8 Å². The van der Waals surface area contributed by atoms with Crippen LogP contribution in [0.1, 0.15) is 28.4 Å². The van der Waals surface area contributed by atoms with Gasteiger partial charge in [-0.2, -0.15) is 0 Å². The Kier molecular flexibility index (Phi) is 22.2. The summed E-state index contributed by atoms with van der Waals surface area (Å²) >= 11 is 2.44. The van der Waals surface area contributed by atoms with Crippen LogP contribution in [0.15, 0.2) is 28.3 Å². The number of azide groups is 2. The van der Waals surface area contributed by atoms with Gasteiger partial charge in [0, 0.05) is 30.2 Å². The number of esters is 2. The van der Waals surface area contributed by atoms with E-state index < -0.39 is 11.9 Å². The van der Waals surface area contributed by atoms with Crippen molar-refractivity contribution in [3.63, 3.8) is 0 Å². The summed E-state index contributed by atoms with van der Waals surface area (Å²) in [6, 6.07) is 0. The molecular formula is C22H30N8O9S2. The number of hydrogen-bond donors (Lipinski definition) is 0. The Morgan fingerprint density at radius 3 is 1.93 bits per heavy atom. The van der Waals surface area contributed by atoms with E-state index >= 15 is 0 Å². The minimum Gasteiger partial charge on any atom is -0.468 e. The van der Waals surface area contributed by atoms with Crippen molar-refractivity contribution in [2.24, 2.45) is 10.2 Å². The lowest BCUT2D eigenvalue weighted by atomic mass is 10.4. The number of carbonyl (C=O) groups excluding carboxylic acids is 3. The van der Waals surface area contributed by atoms with Crippen LogP contribution in [0.25, 0.3) is 27.0 Å². The number of methoxy groups -OCH3 is 2. The summed E-state index contributed by atoms with van der Waals surface area (Å²) in [4.78, 5) is 46.1. The fourth-order valence-electron chi connectivity index (χ4n) is 2.03. The third-order valence-corrected chi connectivity index (χ3v) is 5.32. The zero-order chi connectivity index (χ0) is 30.7. The first kappa shape index (κ1) is 36.8. The average molecular weight is 615 g/mol. The van der Waals surface area contributed by atoms with Crippen molar-refractivity contribution in [2.45, 2.75) is 13.8 Å². The minimum atomic E-state index is -0.680. The van der Waals surface area contributed by atoms with Gasteiger partial charge in [0.05, 0.1) is 42.4 Å². The number of aldehydes is 1. The molecule has 224 valence electrons. The standard InChI is InChI=1S/C11H14N4O4S.C7H9NO3S.C4H7N3O2/c1-3-18-10(16)9(14-15-12)6-8-7-13-11(20-8)19-5-4-17-2;1-10-2-3-11-7-8-4-6(5-9)12-7;1-2-9-4(8)3-6-7-5/h6-7H,3-5H2,1-2H3;4-5H,2-3H2,1H3;2-3H2,1H3/b9-6-;;. The molecule has 0 saturated heterocycles. The summed E-state index contributed by atoms with van der Waals surface area (Å²) in [6.07, 6.45) is 5.15. The summed E-state index contributed by atoms with van der Waals surface area (Å²) in [6.45, 7) is 5.48. The van der Waals surface area contributed by atoms with Crippen molar-refractivity contribution in [2.75, 3.05) is 60.4 Å². The minimum absolute atomic E-state index is 0.124. The molecule has 0 atom stereocenters. The summed E-state index contributed by atoms with van der Waals surface area (Å²) in [5, 5.41) is 7.25. The van der Waals surface area contributed by atoms with Gasteiger partial charge in [0.2, 0.25) is 0 Å². The number of aromatic nitrogens is 2. The van der Waals surface area contributed by atoms with Crippen LogP contribution in [0, 0.1) is 0 Å². The monoisotopic (exact) mass is 614 g/mol. The molecule has 0 fully saturated rings. The van der Waals surface area contributed by atoms with Gasteiger partial charge in [-0.3, -0.25) is 9.59 Å². The lowest BCUT2D eigenvalue weighted by Gasteiger charge is -2.00. The van der Waals surface area contributed by atoms with E-state index in [4.69, 9.17) is 34.7 Å². The molecular weight excluding hydrogens is 584 g/mol. The van der Waals surface area contributed by atoms with Gasteiger partial charge in [-0.05, 0) is 31.0 Å². The molecule has 0 bridgehead atoms. The van der Waals surface area contributed by atoms with Crippen molar-refractivity contribution >= 4 is 47.0 Å². The molecule has 0 amide bonds. The Morgan fingerprint density at radius 1 is 0.902 bits per heavy atom. The van der Waals surface area contributed by atoms with Crippen molar-refractivity contribution < 1.29 is 42.8 Å². The molecule has 2 aromatic heterocycles. The van der Waals surface area contributed by atoms with Gasteiger partial charge < -0.3 is 28.4 Å². The molecule has 19 heteroatoms. The van der Waals surface area contributed by atoms with E-state index in [1.54, 1.807) is 28.1 Å². The molecule has 0 saturated carbocycles. The van der Waals surface area contributed by atoms with Gasteiger partial charge in [0.25, 0.3) is 10.4 Å². The van der Waals surface area contributed by atoms with Crippen molar-refractivity contribution in [1.82, 2.24) is 9.97 Å². The third-order valence-electron chi connectivity index (χ3n) is 3.63. The molecule has 0 unspecified atom stereocenters. The summed E-state index contributed by atoms with van der Waals surface area (Å²) in [7, 11) is 3.17. The largest absolute Gasteiger partial charge is 0.468 e. The van der Waals surface area contributed by atoms with E-state index in [2.05, 4.69) is 34.8 Å². The number of thiazole rings is 2. The second-order valence-corrected chi connectivity index (χ2v) is 8.54. The van der Waals surface area contributed by atoms with E-state index in [0.29, 0.717) is 53.2 Å². The fraction of sp³-hybridized carbons (Fsp3) is 0.500. The molecule has 0 N–H and O–H groups in total. The SMILES string of the molecule is CCOC(=O)/C(=C/c1cnc(OCCOC)s1)N=[N+]=[N-].CCOC(=O)CN=[N+]=[N-].COCCOc1ncc(C=O)s1. The Hall–Kier alpha value is -4.25. The maximum absolute atomic E-state index is 11.5. The molecule has 0 aromatic carbocycles. The maximum atomic E-state index is 11.5. The Morgan fingerprint density at radius 2 is 1.46 bits per heavy atom. The first-order valence-electron chi connectivity index (χ1n) is 11.6. The lowest BCUT2D eigenvalue weighted by Crippen LogP contribution is -2.06. The Bertz CT molecular complexity index is 1180. The smallest absolute Gasteiger partial charge is 0.340 e. The topological polar surface area (TPSA) is 230 Å². The first-order valence-corrected chi connectivity index (χ1v) is 13.2. The molecule has 0 spiro atoms. The molecule has 0 radical (unpaired) electrons. The van der Waals surface area contributed by atoms with Crippen LogP contribution >= 0.6 is 22.7 Å². The lowest BCUT2D eigenvalue weighted by molar-refractivity contribution is -0.141. The highest BCUT2D eigenvalue weighted by atomic mass is 32.1. The molecule has 2 rings (SSSR count). The fourth-order valence-corrected chi connectivity index (χ4v) is 3.36. The quantitative estimate of drug-likeness (QED) is 0.0494. The second-order valence-electron chi connectivity index (χ2n) is 6.49. The number of hydrogen-bond acceptors (Lipinski definition) is 15. The number of nitrogens with zero attached hydrogens (tertiary/aromatic N) is 8. The maximum Gasteiger partial charge on any atom is 0.340 e. The van der Waals surface area contributed by atoms with Crippen LogP contribution < -0.4 is 9.47 Å². The van der Waals surface area contributed by atoms with Gasteiger partial charge in [0.1, 0.15) is 25.5 Å². The predicted molar refractivity (Wildman–Crippen MR) is 149 cm³/mol. The Balaban J connectivity index is 0.000000646. The number of carbonyl (C=O) groups is 3. The molecule has 17 nitrogen and oxygen atoms in total. The van der Waals surface area contributed by atoms with E-state index in [9.17, 15) is 14.4 Å². The van der Waals surface area contributed by atoms with Crippen molar-refractivity contribution in [3.8, 4) is 10.4 Å². The van der Waals surface area contributed by atoms with Crippen LogP contribution in [0.5, 0.6) is 10.4 Å². The van der Waals surface area contributed by atoms with Crippen LogP contribution in [0.2, 0.25) is 0 Å². The zero-order valence-electron chi connectivity index (χ0n) is 22.8. The van der Waals surface area contributed by atoms with Crippen LogP contribution in [-0.2, 0) is 28.5 Å². The zero-order valence-corrected chi connectivity index (χ0v) is 24.5. The van der Waals surface area contributed by atoms with E-state index in [1.807, 2.05) is 0 Å². The highest BCUT2D eigenvalue weighted by Crippen LogP contribution is 2.23. The molecule has 41 heavy (non-hydrogen) atoms. The number of ether oxygens (including phenoxy) is 6. The van der Waals surface area contributed by atoms with Crippen molar-refractivity contribution in [3.05, 3.63) is 48.7 Å². The predicted octanol–water partition coefficient (Wildman–Crippen LogP) is 4.22. The number of rotatable bonds is 16. The van der Waals surface area contributed by atoms with Gasteiger partial charge in [0.15, 0.2) is 6.29 Å². The van der Waals surface area contributed by atoms with Gasteiger partial charge in [-0.1, -0.05) is 32.9 Å². The highest BCUT2D eigenvalue weighted by Gasteiger charge is 2.10. The molecule has 2 heterocycles. The summed E-state index contributed by atoms with van der Waals surface area (Å²) < 4.78 is 29.3. The Labute approximate surface area is 243 Å². The van der Waals surface area contributed by atoms with E-state index in [1.165, 1.54) is 41.1 Å². The van der Waals surface area contributed by atoms with Gasteiger partial charge in [-0.15, -0.1) is 0 Å². The third kappa shape index (κ3) is 18.6. The van der Waals surface area contributed by atoms with Crippen LogP contribution in [0.4, 0.5) is 0 Å². The van der Waals surface area contributed by atoms with Gasteiger partial charge >= 0.3 is 11.9 Å². The molecule has 2 aromatic rings. The molecule has 0 aliphatic carbocycles. The van der Waals surface area contributed by atoms with Crippen molar-refractivity contribution in [1.29, 1.82) is 0 Å². The average Bonchev–Trinajstić information content (AvgIpc) is 3.62. The van der Waals surface area contributed by atoms with Crippen LogP contribution in [-0.4, -0.2) is 88.6 Å². The van der Waals surface area contributed by atoms with E-state index in [0.717, 1.165) is 6.29 Å². The normalized spacial score (nSPS) is 9.80. The van der Waals surface area contributed by atoms with Crippen LogP contribution in [0.3, 0.4) is 0 Å². The second kappa shape index (κ2) is 24.8. The molecule has 0 aliphatic rings. The summed E-state index contributed by atoms with van der Waals surface area (Å²) in [5.74, 6) is -1.17. The first-order chi connectivity index (χ1) is 19.9. The highest BCUT2D eigenvalue weighted by molar-refractivity contribution is 7.15. The molecule has 0 aliphatic heterocycles.